The van der Waals surface area contributed by atoms with Gasteiger partial charge in [-0.1, -0.05) is 485 Å². The van der Waals surface area contributed by atoms with Crippen LogP contribution in [0.25, 0.3) is 0 Å². The Bertz CT molecular complexity index is 3240. The molecule has 0 saturated heterocycles. The van der Waals surface area contributed by atoms with Crippen LogP contribution >= 0.6 is 15.6 Å². The zero-order valence-corrected chi connectivity index (χ0v) is 87.8. The van der Waals surface area contributed by atoms with Gasteiger partial charge in [0.1, 0.15) is 25.4 Å². The lowest BCUT2D eigenvalue weighted by Gasteiger charge is -2.21. The Kier molecular flexibility index (Phi) is 103. The fourth-order valence-electron chi connectivity index (χ4n) is 15.2. The van der Waals surface area contributed by atoms with Gasteiger partial charge in [-0.15, -0.1) is 0 Å². The topological polar surface area (TPSA) is 231 Å². The van der Waals surface area contributed by atoms with Gasteiger partial charge in [-0.2, -0.15) is 0 Å². The Balaban J connectivity index is 4.60. The van der Waals surface area contributed by atoms with Crippen molar-refractivity contribution in [3.8, 4) is 0 Å². The number of aliphatic hydroxyl groups is 2. The van der Waals surface area contributed by atoms with E-state index in [9.17, 15) is 43.5 Å². The molecule has 0 aromatic rings. The highest BCUT2D eigenvalue weighted by Gasteiger charge is 2.30. The molecule has 0 aliphatic rings. The largest absolute Gasteiger partial charge is 0.472 e. The number of rotatable bonds is 103. The summed E-state index contributed by atoms with van der Waals surface area (Å²) in [6.45, 7) is 2.43. The van der Waals surface area contributed by atoms with E-state index in [2.05, 4.69) is 215 Å². The molecule has 0 amide bonds. The molecule has 0 heterocycles. The lowest BCUT2D eigenvalue weighted by atomic mass is 10.0. The van der Waals surface area contributed by atoms with E-state index in [1.165, 1.54) is 231 Å². The number of phosphoric ester groups is 2. The molecule has 0 saturated carbocycles. The van der Waals surface area contributed by atoms with Crippen molar-refractivity contribution in [1.82, 2.24) is 0 Å². The molecule has 0 bridgehead atoms. The molecule has 5 atom stereocenters. The summed E-state index contributed by atoms with van der Waals surface area (Å²) in [4.78, 5) is 59.3. The first-order valence-electron chi connectivity index (χ1n) is 54.7. The van der Waals surface area contributed by atoms with Gasteiger partial charge in [0.2, 0.25) is 0 Å². The van der Waals surface area contributed by atoms with Gasteiger partial charge in [-0.25, -0.2) is 9.13 Å². The molecular weight excluding hydrogens is 1720 g/mol. The van der Waals surface area contributed by atoms with Crippen molar-refractivity contribution < 1.29 is 75.8 Å². The van der Waals surface area contributed by atoms with Crippen molar-refractivity contribution in [2.75, 3.05) is 39.6 Å². The molecule has 0 rings (SSSR count). The third-order valence-electron chi connectivity index (χ3n) is 23.3. The Morgan fingerprint density at radius 3 is 0.585 bits per heavy atom. The van der Waals surface area contributed by atoms with Crippen LogP contribution < -0.4 is 0 Å². The van der Waals surface area contributed by atoms with Gasteiger partial charge < -0.3 is 34.2 Å². The van der Waals surface area contributed by atoms with Crippen LogP contribution in [-0.2, 0) is 55.8 Å². The number of phosphoric acid groups is 2. The molecule has 18 heteroatoms. The molecule has 5 unspecified atom stereocenters. The Morgan fingerprint density at radius 1 is 0.207 bits per heavy atom. The molecular formula is C117H200O16P2. The second-order valence-corrected chi connectivity index (χ2v) is 39.2. The van der Waals surface area contributed by atoms with Gasteiger partial charge in [0.15, 0.2) is 6.10 Å². The summed E-state index contributed by atoms with van der Waals surface area (Å²) in [5.41, 5.74) is 0. The molecule has 0 fully saturated rings. The third-order valence-corrected chi connectivity index (χ3v) is 25.2. The first kappa shape index (κ1) is 129. The van der Waals surface area contributed by atoms with Crippen LogP contribution in [0, 0.1) is 0 Å². The Hall–Kier alpha value is -5.61. The van der Waals surface area contributed by atoms with Gasteiger partial charge in [-0.05, 0) is 161 Å². The maximum atomic E-state index is 13.2. The van der Waals surface area contributed by atoms with Crippen LogP contribution in [0.3, 0.4) is 0 Å². The number of carbonyl (C=O) groups excluding carboxylic acids is 3. The van der Waals surface area contributed by atoms with Crippen LogP contribution in [0.5, 0.6) is 0 Å². The predicted octanol–water partition coefficient (Wildman–Crippen LogP) is 35.2. The average Bonchev–Trinajstić information content (AvgIpc) is 0.895. The minimum Gasteiger partial charge on any atom is -0.463 e. The number of unbranched alkanes of at least 4 members (excludes halogenated alkanes) is 48. The minimum atomic E-state index is -4.95. The highest BCUT2D eigenvalue weighted by Crippen LogP contribution is 2.45. The first-order valence-corrected chi connectivity index (χ1v) is 57.7. The van der Waals surface area contributed by atoms with Crippen LogP contribution in [0.15, 0.2) is 194 Å². The number of esters is 3. The maximum Gasteiger partial charge on any atom is 0.472 e. The molecule has 135 heavy (non-hydrogen) atoms. The summed E-state index contributed by atoms with van der Waals surface area (Å²) in [7, 11) is -9.82. The summed E-state index contributed by atoms with van der Waals surface area (Å²) in [5, 5.41) is 20.8. The van der Waals surface area contributed by atoms with E-state index in [4.69, 9.17) is 32.3 Å². The van der Waals surface area contributed by atoms with E-state index in [1.807, 2.05) is 0 Å². The van der Waals surface area contributed by atoms with E-state index in [0.717, 1.165) is 180 Å². The highest BCUT2D eigenvalue weighted by atomic mass is 31.2. The van der Waals surface area contributed by atoms with E-state index in [-0.39, 0.29) is 19.3 Å². The van der Waals surface area contributed by atoms with Crippen molar-refractivity contribution >= 4 is 33.6 Å². The number of aliphatic hydroxyl groups excluding tert-OH is 2. The van der Waals surface area contributed by atoms with Crippen molar-refractivity contribution in [2.24, 2.45) is 0 Å². The van der Waals surface area contributed by atoms with Crippen molar-refractivity contribution in [3.63, 3.8) is 0 Å². The summed E-state index contributed by atoms with van der Waals surface area (Å²) in [5.74, 6) is -1.56. The van der Waals surface area contributed by atoms with E-state index >= 15 is 0 Å². The lowest BCUT2D eigenvalue weighted by Crippen LogP contribution is -2.30. The minimum absolute atomic E-state index is 0.101. The van der Waals surface area contributed by atoms with Gasteiger partial charge >= 0.3 is 33.6 Å². The van der Waals surface area contributed by atoms with Crippen molar-refractivity contribution in [1.29, 1.82) is 0 Å². The highest BCUT2D eigenvalue weighted by molar-refractivity contribution is 7.47. The third kappa shape index (κ3) is 109. The number of hydrogen-bond acceptors (Lipinski definition) is 14. The second-order valence-electron chi connectivity index (χ2n) is 36.3. The molecule has 0 aromatic carbocycles. The number of carbonyl (C=O) groups is 3. The molecule has 16 nitrogen and oxygen atoms in total. The molecule has 0 aliphatic carbocycles. The Morgan fingerprint density at radius 2 is 0.370 bits per heavy atom. The second kappa shape index (κ2) is 107. The van der Waals surface area contributed by atoms with Crippen LogP contribution in [0.2, 0.25) is 0 Å². The smallest absolute Gasteiger partial charge is 0.463 e. The molecule has 0 radical (unpaired) electrons. The normalized spacial score (nSPS) is 14.3. The van der Waals surface area contributed by atoms with Gasteiger partial charge in [0, 0.05) is 19.3 Å². The van der Waals surface area contributed by atoms with E-state index in [0.29, 0.717) is 19.3 Å². The molecule has 4 N–H and O–H groups in total. The number of hydrogen-bond donors (Lipinski definition) is 4. The summed E-state index contributed by atoms with van der Waals surface area (Å²) in [6, 6.07) is 0. The fourth-order valence-corrected chi connectivity index (χ4v) is 16.8. The maximum absolute atomic E-state index is 13.2. The van der Waals surface area contributed by atoms with E-state index < -0.39 is 91.5 Å². The van der Waals surface area contributed by atoms with Gasteiger partial charge in [0.25, 0.3) is 0 Å². The lowest BCUT2D eigenvalue weighted by molar-refractivity contribution is -0.161. The predicted molar refractivity (Wildman–Crippen MR) is 574 cm³/mol. The molecule has 0 aromatic heterocycles. The van der Waals surface area contributed by atoms with Crippen molar-refractivity contribution in [2.45, 2.75) is 489 Å². The number of ether oxygens (including phenoxy) is 3. The summed E-state index contributed by atoms with van der Waals surface area (Å²) >= 11 is 0. The zero-order valence-electron chi connectivity index (χ0n) is 86.0. The van der Waals surface area contributed by atoms with Crippen LogP contribution in [0.1, 0.15) is 470 Å². The molecule has 0 aliphatic heterocycles. The van der Waals surface area contributed by atoms with Crippen molar-refractivity contribution in [3.05, 3.63) is 194 Å². The van der Waals surface area contributed by atoms with E-state index in [1.54, 1.807) is 0 Å². The zero-order chi connectivity index (χ0) is 97.8. The quantitative estimate of drug-likeness (QED) is 0.0146. The van der Waals surface area contributed by atoms with Gasteiger partial charge in [0.05, 0.1) is 26.4 Å². The monoisotopic (exact) mass is 1920 g/mol. The number of allylic oxidation sites excluding steroid dienone is 32. The standard InChI is InChI=1S/C117H200O16P2/c1-4-7-10-13-16-19-22-25-28-31-34-37-40-43-46-49-52-54-55-57-60-61-64-67-70-73-76-79-82-85-88-91-94-97-100-103-115(120)127-106-112(118)107-129-134(123,124)130-108-113(119)109-131-135(125,126)132-111-114(133-117(122)105-102-99-96-93-90-87-84-81-78-75-72-69-66-63-58-51-48-45-42-39-36-33-30-27-24-21-18-15-12-9-6-3)110-128-116(121)104-101-98-95-92-89-86-83-80-77-74-71-68-65-62-59-56-53-50-47-44-41-38-35-32-29-26-23-20-17-14-11-8-5-2/h7-12,16-21,25-30,34-39,43-48,53,56,112-114,118-119H,4-6,13-15,22-24,31-33,40-42,49-52,54-55,57-111H2,1-3H3,(H,123,124)(H,125,126)/b10-7-,11-8-,12-9-,19-16-,20-17-,21-18-,28-25-,29-26-,30-27-,37-34-,38-35-,39-36-,46-43-,47-44-,48-45-,56-53-. The molecule has 774 valence electrons. The molecule has 0 spiro atoms. The van der Waals surface area contributed by atoms with Crippen LogP contribution in [0.4, 0.5) is 0 Å². The average molecular weight is 1920 g/mol. The van der Waals surface area contributed by atoms with Crippen LogP contribution in [-0.4, -0.2) is 95.9 Å². The SMILES string of the molecule is CC/C=C\C/C=C\C/C=C\C/C=C\C/C=C\C/C=C\CCCCCCCCCCCCCCCCC(=O)OCC(COP(=O)(O)OCC(O)COP(=O)(O)OCC(O)COC(=O)CCCCCCCCCCCCCCCCCCCCC/C=C\C/C=C\C/C=C\C/C=C\C/C=C\CC)OC(=O)CCCCCCCCCCCCCCCCC/C=C\C/C=C\C/C=C\C/C=C\C/C=C\CC. The summed E-state index contributed by atoms with van der Waals surface area (Å²) in [6.07, 6.45) is 145. The Labute approximate surface area is 827 Å². The van der Waals surface area contributed by atoms with Gasteiger partial charge in [-0.3, -0.25) is 32.5 Å². The first-order chi connectivity index (χ1) is 66.2. The summed E-state index contributed by atoms with van der Waals surface area (Å²) < 4.78 is 61.8. The fraction of sp³-hybridized carbons (Fsp3) is 0.701.